The van der Waals surface area contributed by atoms with Gasteiger partial charge in [-0.1, -0.05) is 18.2 Å². The van der Waals surface area contributed by atoms with E-state index in [1.807, 2.05) is 65.5 Å². The van der Waals surface area contributed by atoms with E-state index in [2.05, 4.69) is 5.32 Å². The number of amides is 1. The van der Waals surface area contributed by atoms with Crippen LogP contribution < -0.4 is 14.8 Å². The molecule has 1 aromatic heterocycles. The van der Waals surface area contributed by atoms with E-state index in [0.29, 0.717) is 11.5 Å². The Kier molecular flexibility index (Phi) is 5.82. The fourth-order valence-corrected chi connectivity index (χ4v) is 7.16. The zero-order valence-electron chi connectivity index (χ0n) is 20.9. The zero-order valence-corrected chi connectivity index (χ0v) is 20.9. The molecule has 0 atom stereocenters. The first-order valence-corrected chi connectivity index (χ1v) is 12.9. The van der Waals surface area contributed by atoms with Gasteiger partial charge in [0.25, 0.3) is 0 Å². The van der Waals surface area contributed by atoms with Gasteiger partial charge in [-0.25, -0.2) is 4.68 Å². The molecule has 1 heterocycles. The maximum atomic E-state index is 13.1. The first kappa shape index (κ1) is 22.9. The van der Waals surface area contributed by atoms with Gasteiger partial charge in [-0.05, 0) is 92.7 Å². The van der Waals surface area contributed by atoms with Crippen molar-refractivity contribution in [2.24, 2.45) is 17.8 Å². The van der Waals surface area contributed by atoms with E-state index in [4.69, 9.17) is 14.6 Å². The lowest BCUT2D eigenvalue weighted by Crippen LogP contribution is -2.59. The maximum absolute atomic E-state index is 13.1. The molecule has 186 valence electrons. The molecular weight excluding hydrogens is 450 g/mol. The number of para-hydroxylation sites is 1. The number of hydrogen-bond acceptors (Lipinski definition) is 4. The summed E-state index contributed by atoms with van der Waals surface area (Å²) in [6.45, 7) is 0. The molecule has 6 nitrogen and oxygen atoms in total. The van der Waals surface area contributed by atoms with Crippen LogP contribution >= 0.6 is 0 Å². The van der Waals surface area contributed by atoms with E-state index in [-0.39, 0.29) is 11.4 Å². The number of benzene rings is 2. The van der Waals surface area contributed by atoms with E-state index in [9.17, 15) is 4.79 Å². The number of methoxy groups -OCH3 is 2. The molecule has 4 bridgehead atoms. The van der Waals surface area contributed by atoms with Crippen molar-refractivity contribution in [3.05, 3.63) is 66.4 Å². The van der Waals surface area contributed by atoms with Crippen molar-refractivity contribution >= 4 is 12.0 Å². The van der Waals surface area contributed by atoms with Gasteiger partial charge in [0.1, 0.15) is 5.69 Å². The Hall–Kier alpha value is -3.54. The first-order valence-electron chi connectivity index (χ1n) is 12.9. The average molecular weight is 484 g/mol. The summed E-state index contributed by atoms with van der Waals surface area (Å²) in [7, 11) is 3.25. The van der Waals surface area contributed by atoms with Crippen molar-refractivity contribution in [2.75, 3.05) is 14.2 Å². The Morgan fingerprint density at radius 3 is 2.28 bits per heavy atom. The maximum Gasteiger partial charge on any atom is 0.244 e. The molecule has 4 saturated carbocycles. The predicted octanol–water partition coefficient (Wildman–Crippen LogP) is 5.65. The average Bonchev–Trinajstić information content (AvgIpc) is 3.31. The molecule has 36 heavy (non-hydrogen) atoms. The van der Waals surface area contributed by atoms with Gasteiger partial charge >= 0.3 is 0 Å². The van der Waals surface area contributed by atoms with Crippen molar-refractivity contribution in [3.8, 4) is 28.4 Å². The van der Waals surface area contributed by atoms with Gasteiger partial charge in [0.05, 0.1) is 19.9 Å². The van der Waals surface area contributed by atoms with Gasteiger partial charge in [-0.15, -0.1) is 0 Å². The molecule has 4 aliphatic carbocycles. The Morgan fingerprint density at radius 2 is 1.64 bits per heavy atom. The van der Waals surface area contributed by atoms with Gasteiger partial charge in [-0.3, -0.25) is 4.79 Å². The third-order valence-corrected chi connectivity index (χ3v) is 8.26. The molecule has 0 spiro atoms. The molecule has 4 aliphatic rings. The molecule has 0 unspecified atom stereocenters. The molecular formula is C30H33N3O3. The minimum atomic E-state index is -0.0114. The Morgan fingerprint density at radius 1 is 0.972 bits per heavy atom. The van der Waals surface area contributed by atoms with Crippen LogP contribution in [-0.2, 0) is 4.79 Å². The van der Waals surface area contributed by atoms with Crippen LogP contribution in [0.25, 0.3) is 23.0 Å². The van der Waals surface area contributed by atoms with Crippen molar-refractivity contribution in [1.82, 2.24) is 15.1 Å². The van der Waals surface area contributed by atoms with Gasteiger partial charge in [-0.2, -0.15) is 5.10 Å². The highest BCUT2D eigenvalue weighted by molar-refractivity contribution is 5.93. The molecule has 2 aromatic carbocycles. The lowest BCUT2D eigenvalue weighted by Gasteiger charge is -2.56. The predicted molar refractivity (Wildman–Crippen MR) is 140 cm³/mol. The van der Waals surface area contributed by atoms with Crippen LogP contribution in [0.5, 0.6) is 11.5 Å². The van der Waals surface area contributed by atoms with Crippen LogP contribution in [0.15, 0.2) is 60.8 Å². The summed E-state index contributed by atoms with van der Waals surface area (Å²) >= 11 is 0. The summed E-state index contributed by atoms with van der Waals surface area (Å²) in [5.41, 5.74) is 3.49. The number of carbonyl (C=O) groups is 1. The van der Waals surface area contributed by atoms with Crippen molar-refractivity contribution in [1.29, 1.82) is 0 Å². The second-order valence-electron chi connectivity index (χ2n) is 10.8. The second kappa shape index (κ2) is 9.16. The molecule has 6 heteroatoms. The van der Waals surface area contributed by atoms with E-state index >= 15 is 0 Å². The number of nitrogens with one attached hydrogen (secondary N) is 1. The highest BCUT2D eigenvalue weighted by Gasteiger charge is 2.51. The summed E-state index contributed by atoms with van der Waals surface area (Å²) in [4.78, 5) is 13.1. The fraction of sp³-hybridized carbons (Fsp3) is 0.400. The molecule has 0 radical (unpaired) electrons. The number of hydrogen-bond donors (Lipinski definition) is 1. The summed E-state index contributed by atoms with van der Waals surface area (Å²) in [5.74, 6) is 3.67. The first-order chi connectivity index (χ1) is 17.5. The normalized spacial score (nSPS) is 26.3. The number of rotatable bonds is 7. The summed E-state index contributed by atoms with van der Waals surface area (Å²) in [6.07, 6.45) is 13.0. The van der Waals surface area contributed by atoms with E-state index in [0.717, 1.165) is 59.5 Å². The van der Waals surface area contributed by atoms with Crippen molar-refractivity contribution in [3.63, 3.8) is 0 Å². The standard InChI is InChI=1S/C30H33N3O3/c1-35-26-10-8-23(15-27(26)36-2)29-24(19-33(32-29)25-6-4-3-5-7-25)9-11-28(34)31-30-16-20-12-21(17-30)14-22(13-20)18-30/h3-11,15,19-22H,12-14,16-18H2,1-2H3,(H,31,34). The fourth-order valence-electron chi connectivity index (χ4n) is 7.16. The summed E-state index contributed by atoms with van der Waals surface area (Å²) in [5, 5.41) is 8.31. The smallest absolute Gasteiger partial charge is 0.244 e. The van der Waals surface area contributed by atoms with Crippen LogP contribution in [0.3, 0.4) is 0 Å². The third kappa shape index (κ3) is 4.29. The number of nitrogens with zero attached hydrogens (tertiary/aromatic N) is 2. The molecule has 0 aliphatic heterocycles. The minimum Gasteiger partial charge on any atom is -0.493 e. The van der Waals surface area contributed by atoms with Gasteiger partial charge in [0.15, 0.2) is 11.5 Å². The Balaban J connectivity index is 1.30. The van der Waals surface area contributed by atoms with Gasteiger partial charge < -0.3 is 14.8 Å². The molecule has 1 N–H and O–H groups in total. The van der Waals surface area contributed by atoms with Crippen LogP contribution in [0, 0.1) is 17.8 Å². The molecule has 3 aromatic rings. The molecule has 7 rings (SSSR count). The lowest BCUT2D eigenvalue weighted by molar-refractivity contribution is -0.122. The molecule has 4 fully saturated rings. The van der Waals surface area contributed by atoms with Crippen LogP contribution in [0.4, 0.5) is 0 Å². The van der Waals surface area contributed by atoms with Gasteiger partial charge in [0, 0.05) is 28.9 Å². The van der Waals surface area contributed by atoms with E-state index in [1.165, 1.54) is 19.3 Å². The van der Waals surface area contributed by atoms with E-state index < -0.39 is 0 Å². The molecule has 1 amide bonds. The lowest BCUT2D eigenvalue weighted by atomic mass is 9.53. The topological polar surface area (TPSA) is 65.4 Å². The zero-order chi connectivity index (χ0) is 24.7. The monoisotopic (exact) mass is 483 g/mol. The minimum absolute atomic E-state index is 0.00340. The number of carbonyl (C=O) groups excluding carboxylic acids is 1. The highest BCUT2D eigenvalue weighted by atomic mass is 16.5. The van der Waals surface area contributed by atoms with Crippen molar-refractivity contribution < 1.29 is 14.3 Å². The largest absolute Gasteiger partial charge is 0.493 e. The van der Waals surface area contributed by atoms with Crippen LogP contribution in [0.1, 0.15) is 44.1 Å². The third-order valence-electron chi connectivity index (χ3n) is 8.26. The summed E-state index contributed by atoms with van der Waals surface area (Å²) in [6, 6.07) is 15.7. The summed E-state index contributed by atoms with van der Waals surface area (Å²) < 4.78 is 12.8. The highest BCUT2D eigenvalue weighted by Crippen LogP contribution is 2.55. The van der Waals surface area contributed by atoms with Crippen LogP contribution in [0.2, 0.25) is 0 Å². The second-order valence-corrected chi connectivity index (χ2v) is 10.8. The molecule has 0 saturated heterocycles. The van der Waals surface area contributed by atoms with Crippen molar-refractivity contribution in [2.45, 2.75) is 44.1 Å². The number of ether oxygens (including phenoxy) is 2. The SMILES string of the molecule is COc1ccc(-c2nn(-c3ccccc3)cc2C=CC(=O)NC23CC4CC(CC(C4)C2)C3)cc1OC. The number of aromatic nitrogens is 2. The quantitative estimate of drug-likeness (QED) is 0.441. The Labute approximate surface area is 212 Å². The Bertz CT molecular complexity index is 1260. The van der Waals surface area contributed by atoms with E-state index in [1.54, 1.807) is 20.3 Å². The van der Waals surface area contributed by atoms with Crippen LogP contribution in [-0.4, -0.2) is 35.4 Å². The van der Waals surface area contributed by atoms with Gasteiger partial charge in [0.2, 0.25) is 5.91 Å².